The monoisotopic (exact) mass is 718 g/mol. The van der Waals surface area contributed by atoms with Crippen LogP contribution in [0.2, 0.25) is 0 Å². The summed E-state index contributed by atoms with van der Waals surface area (Å²) in [5.74, 6) is 1.69. The molecule has 0 radical (unpaired) electrons. The zero-order valence-corrected chi connectivity index (χ0v) is 29.9. The summed E-state index contributed by atoms with van der Waals surface area (Å²) in [7, 11) is 0. The van der Waals surface area contributed by atoms with E-state index in [0.29, 0.717) is 17.5 Å². The Morgan fingerprint density at radius 3 is 1.52 bits per heavy atom. The topological polar surface area (TPSA) is 82.5 Å². The van der Waals surface area contributed by atoms with E-state index in [9.17, 15) is 0 Å². The minimum atomic E-state index is 0.561. The lowest BCUT2D eigenvalue weighted by Crippen LogP contribution is -2.04. The van der Waals surface area contributed by atoms with E-state index in [0.717, 1.165) is 88.4 Å². The SMILES string of the molecule is c1ccc(-c2cc(-c3nc(-c4ccncc4)nc(-c4ccncc4)n3)cc(-c3ccccc3)c2-n2c3ccccc3c3c4oc5ccccc5c4ccc32)cc1. The molecule has 0 aliphatic rings. The largest absolute Gasteiger partial charge is 0.455 e. The van der Waals surface area contributed by atoms with Crippen LogP contribution in [0.4, 0.5) is 0 Å². The molecule has 0 aliphatic carbocycles. The number of pyridine rings is 2. The van der Waals surface area contributed by atoms with Crippen molar-refractivity contribution in [3.05, 3.63) is 183 Å². The molecule has 0 fully saturated rings. The van der Waals surface area contributed by atoms with Crippen LogP contribution in [0.5, 0.6) is 0 Å². The van der Waals surface area contributed by atoms with Gasteiger partial charge in [-0.25, -0.2) is 15.0 Å². The quantitative estimate of drug-likeness (QED) is 0.170. The fraction of sp³-hybridized carbons (Fsp3) is 0. The number of hydrogen-bond acceptors (Lipinski definition) is 6. The molecule has 262 valence electrons. The highest BCUT2D eigenvalue weighted by Gasteiger charge is 2.25. The van der Waals surface area contributed by atoms with E-state index in [1.807, 2.05) is 36.4 Å². The van der Waals surface area contributed by atoms with Crippen molar-refractivity contribution in [1.82, 2.24) is 29.5 Å². The Bertz CT molecular complexity index is 3110. The van der Waals surface area contributed by atoms with Gasteiger partial charge in [0.1, 0.15) is 11.2 Å². The van der Waals surface area contributed by atoms with Gasteiger partial charge in [-0.2, -0.15) is 0 Å². The third-order valence-electron chi connectivity index (χ3n) is 10.5. The second kappa shape index (κ2) is 13.0. The van der Waals surface area contributed by atoms with Gasteiger partial charge in [-0.15, -0.1) is 0 Å². The van der Waals surface area contributed by atoms with Gasteiger partial charge in [-0.05, 0) is 71.8 Å². The lowest BCUT2D eigenvalue weighted by molar-refractivity contribution is 0.673. The molecular formula is C49H30N6O. The Kier molecular flexibility index (Phi) is 7.35. The molecule has 0 saturated heterocycles. The Hall–Kier alpha value is -7.77. The molecule has 56 heavy (non-hydrogen) atoms. The minimum absolute atomic E-state index is 0.561. The van der Waals surface area contributed by atoms with Gasteiger partial charge in [-0.1, -0.05) is 97.1 Å². The maximum atomic E-state index is 6.68. The maximum Gasteiger partial charge on any atom is 0.164 e. The predicted molar refractivity (Wildman–Crippen MR) is 224 cm³/mol. The van der Waals surface area contributed by atoms with Crippen LogP contribution in [0.25, 0.3) is 106 Å². The third-order valence-corrected chi connectivity index (χ3v) is 10.5. The average Bonchev–Trinajstić information content (AvgIpc) is 3.83. The zero-order valence-electron chi connectivity index (χ0n) is 29.9. The van der Waals surface area contributed by atoms with Gasteiger partial charge in [0, 0.05) is 68.8 Å². The molecule has 11 aromatic rings. The van der Waals surface area contributed by atoms with Gasteiger partial charge in [0.2, 0.25) is 0 Å². The first-order valence-electron chi connectivity index (χ1n) is 18.5. The normalized spacial score (nSPS) is 11.6. The van der Waals surface area contributed by atoms with Crippen molar-refractivity contribution in [3.8, 4) is 62.1 Å². The summed E-state index contributed by atoms with van der Waals surface area (Å²) in [4.78, 5) is 23.7. The van der Waals surface area contributed by atoms with E-state index in [2.05, 4.69) is 136 Å². The molecule has 6 aromatic carbocycles. The molecular weight excluding hydrogens is 689 g/mol. The smallest absolute Gasteiger partial charge is 0.164 e. The number of fused-ring (bicyclic) bond motifs is 7. The molecule has 7 heteroatoms. The Labute approximate surface area is 321 Å². The van der Waals surface area contributed by atoms with Crippen LogP contribution in [0.15, 0.2) is 187 Å². The van der Waals surface area contributed by atoms with Gasteiger partial charge in [0.05, 0.1) is 22.1 Å². The van der Waals surface area contributed by atoms with Gasteiger partial charge in [0.25, 0.3) is 0 Å². The van der Waals surface area contributed by atoms with Crippen molar-refractivity contribution in [2.75, 3.05) is 0 Å². The van der Waals surface area contributed by atoms with E-state index < -0.39 is 0 Å². The Morgan fingerprint density at radius 1 is 0.393 bits per heavy atom. The predicted octanol–water partition coefficient (Wildman–Crippen LogP) is 12.0. The van der Waals surface area contributed by atoms with Gasteiger partial charge in [-0.3, -0.25) is 9.97 Å². The molecule has 0 amide bonds. The second-order valence-electron chi connectivity index (χ2n) is 13.7. The summed E-state index contributed by atoms with van der Waals surface area (Å²) in [5.41, 5.74) is 11.7. The molecule has 0 saturated carbocycles. The van der Waals surface area contributed by atoms with Gasteiger partial charge < -0.3 is 8.98 Å². The van der Waals surface area contributed by atoms with Crippen molar-refractivity contribution in [1.29, 1.82) is 0 Å². The summed E-state index contributed by atoms with van der Waals surface area (Å²) in [6.45, 7) is 0. The van der Waals surface area contributed by atoms with Crippen molar-refractivity contribution in [3.63, 3.8) is 0 Å². The highest BCUT2D eigenvalue weighted by atomic mass is 16.3. The Morgan fingerprint density at radius 2 is 0.911 bits per heavy atom. The van der Waals surface area contributed by atoms with E-state index in [-0.39, 0.29) is 0 Å². The van der Waals surface area contributed by atoms with Crippen LogP contribution in [-0.4, -0.2) is 29.5 Å². The van der Waals surface area contributed by atoms with Crippen LogP contribution in [0.1, 0.15) is 0 Å². The second-order valence-corrected chi connectivity index (χ2v) is 13.7. The summed E-state index contributed by atoms with van der Waals surface area (Å²) >= 11 is 0. The molecule has 0 unspecified atom stereocenters. The molecule has 11 rings (SSSR count). The molecule has 0 N–H and O–H groups in total. The highest BCUT2D eigenvalue weighted by molar-refractivity contribution is 6.24. The summed E-state index contributed by atoms with van der Waals surface area (Å²) in [6, 6.07) is 54.6. The van der Waals surface area contributed by atoms with Gasteiger partial charge >= 0.3 is 0 Å². The molecule has 0 bridgehead atoms. The zero-order chi connectivity index (χ0) is 37.0. The molecule has 0 atom stereocenters. The van der Waals surface area contributed by atoms with E-state index in [4.69, 9.17) is 19.4 Å². The number of benzene rings is 6. The first-order valence-corrected chi connectivity index (χ1v) is 18.5. The summed E-state index contributed by atoms with van der Waals surface area (Å²) in [5, 5.41) is 4.41. The lowest BCUT2D eigenvalue weighted by atomic mass is 9.92. The highest BCUT2D eigenvalue weighted by Crippen LogP contribution is 2.46. The van der Waals surface area contributed by atoms with Crippen LogP contribution in [0, 0.1) is 0 Å². The molecule has 0 aliphatic heterocycles. The number of aromatic nitrogens is 6. The Balaban J connectivity index is 1.26. The van der Waals surface area contributed by atoms with E-state index >= 15 is 0 Å². The maximum absolute atomic E-state index is 6.68. The van der Waals surface area contributed by atoms with Crippen molar-refractivity contribution >= 4 is 43.7 Å². The van der Waals surface area contributed by atoms with Crippen LogP contribution < -0.4 is 0 Å². The molecule has 5 heterocycles. The first-order chi connectivity index (χ1) is 27.8. The van der Waals surface area contributed by atoms with Crippen molar-refractivity contribution < 1.29 is 4.42 Å². The summed E-state index contributed by atoms with van der Waals surface area (Å²) < 4.78 is 9.09. The van der Waals surface area contributed by atoms with Crippen LogP contribution >= 0.6 is 0 Å². The number of para-hydroxylation sites is 2. The number of furan rings is 1. The fourth-order valence-electron chi connectivity index (χ4n) is 7.92. The minimum Gasteiger partial charge on any atom is -0.455 e. The average molecular weight is 719 g/mol. The molecule has 5 aromatic heterocycles. The van der Waals surface area contributed by atoms with Crippen molar-refractivity contribution in [2.45, 2.75) is 0 Å². The standard InChI is InChI=1S/C49H30N6O/c1-3-11-31(12-4-1)39-29-35(49-53-47(33-21-25-50-26-22-33)52-48(54-49)34-23-27-51-28-24-34)30-40(32-13-5-2-6-14-32)45(39)55-41-17-9-7-16-38(41)44-42(55)20-19-37-36-15-8-10-18-43(36)56-46(37)44/h1-30H. The van der Waals surface area contributed by atoms with Crippen molar-refractivity contribution in [2.24, 2.45) is 0 Å². The number of hydrogen-bond donors (Lipinski definition) is 0. The number of rotatable bonds is 6. The van der Waals surface area contributed by atoms with Crippen LogP contribution in [-0.2, 0) is 0 Å². The molecule has 0 spiro atoms. The summed E-state index contributed by atoms with van der Waals surface area (Å²) in [6.07, 6.45) is 7.02. The van der Waals surface area contributed by atoms with E-state index in [1.54, 1.807) is 24.8 Å². The lowest BCUT2D eigenvalue weighted by Gasteiger charge is -2.21. The first kappa shape index (κ1) is 31.7. The number of nitrogens with zero attached hydrogens (tertiary/aromatic N) is 6. The molecule has 7 nitrogen and oxygen atoms in total. The van der Waals surface area contributed by atoms with E-state index in [1.165, 1.54) is 0 Å². The van der Waals surface area contributed by atoms with Gasteiger partial charge in [0.15, 0.2) is 17.5 Å². The fourth-order valence-corrected chi connectivity index (χ4v) is 7.92. The van der Waals surface area contributed by atoms with Crippen LogP contribution in [0.3, 0.4) is 0 Å². The third kappa shape index (κ3) is 5.17.